The maximum Gasteiger partial charge on any atom is 0.332 e. The zero-order chi connectivity index (χ0) is 16.3. The van der Waals surface area contributed by atoms with E-state index in [2.05, 4.69) is 0 Å². The fourth-order valence-electron chi connectivity index (χ4n) is 2.64. The van der Waals surface area contributed by atoms with Crippen molar-refractivity contribution >= 4 is 11.6 Å². The van der Waals surface area contributed by atoms with Crippen LogP contribution in [0.5, 0.6) is 0 Å². The highest BCUT2D eigenvalue weighted by Crippen LogP contribution is 2.05. The standard InChI is InChI=1S/C14H22N4O4/c1-3-4-18-12(15)11(13(20)16(2)14(18)21)10(19)9-17-5-7-22-8-6-17/h3-9,15H2,1-2H3/p+1. The minimum Gasteiger partial charge on any atom is -0.384 e. The van der Waals surface area contributed by atoms with E-state index in [1.54, 1.807) is 0 Å². The highest BCUT2D eigenvalue weighted by molar-refractivity contribution is 6.00. The smallest absolute Gasteiger partial charge is 0.332 e. The number of ketones is 1. The molecule has 1 aromatic heterocycles. The molecule has 0 amide bonds. The Balaban J connectivity index is 2.39. The Hall–Kier alpha value is -1.93. The highest BCUT2D eigenvalue weighted by atomic mass is 16.5. The Labute approximate surface area is 128 Å². The van der Waals surface area contributed by atoms with E-state index >= 15 is 0 Å². The number of morpholine rings is 1. The number of nitrogen functional groups attached to an aromatic ring is 1. The molecule has 0 spiro atoms. The van der Waals surface area contributed by atoms with Crippen molar-refractivity contribution < 1.29 is 14.4 Å². The van der Waals surface area contributed by atoms with Crippen LogP contribution >= 0.6 is 0 Å². The van der Waals surface area contributed by atoms with Crippen LogP contribution in [-0.2, 0) is 18.3 Å². The third kappa shape index (κ3) is 3.12. The molecule has 0 atom stereocenters. The number of quaternary nitrogens is 1. The number of nitrogens with zero attached hydrogens (tertiary/aromatic N) is 2. The number of carbonyl (C=O) groups excluding carboxylic acids is 1. The van der Waals surface area contributed by atoms with Gasteiger partial charge in [0.2, 0.25) is 5.78 Å². The molecule has 1 saturated heterocycles. The lowest BCUT2D eigenvalue weighted by atomic mass is 10.1. The number of Topliss-reactive ketones (excluding diaryl/α,β-unsaturated/α-hetero) is 1. The lowest BCUT2D eigenvalue weighted by Gasteiger charge is -2.23. The van der Waals surface area contributed by atoms with Gasteiger partial charge in [-0.2, -0.15) is 0 Å². The van der Waals surface area contributed by atoms with Gasteiger partial charge in [0.25, 0.3) is 5.56 Å². The van der Waals surface area contributed by atoms with E-state index in [9.17, 15) is 14.4 Å². The first-order valence-electron chi connectivity index (χ1n) is 7.51. The fourth-order valence-corrected chi connectivity index (χ4v) is 2.64. The van der Waals surface area contributed by atoms with Gasteiger partial charge in [0.15, 0.2) is 0 Å². The van der Waals surface area contributed by atoms with Gasteiger partial charge in [-0.25, -0.2) is 4.79 Å². The van der Waals surface area contributed by atoms with Gasteiger partial charge in [-0.1, -0.05) is 6.92 Å². The molecule has 0 aromatic carbocycles. The van der Waals surface area contributed by atoms with Gasteiger partial charge in [-0.05, 0) is 6.42 Å². The molecule has 8 nitrogen and oxygen atoms in total. The maximum absolute atomic E-state index is 12.5. The Morgan fingerprint density at radius 1 is 1.32 bits per heavy atom. The van der Waals surface area contributed by atoms with Gasteiger partial charge in [-0.15, -0.1) is 0 Å². The van der Waals surface area contributed by atoms with Crippen molar-refractivity contribution in [3.05, 3.63) is 26.4 Å². The van der Waals surface area contributed by atoms with Crippen molar-refractivity contribution in [2.75, 3.05) is 38.6 Å². The number of nitrogens with two attached hydrogens (primary N) is 1. The SMILES string of the molecule is CCCn1c(N)c(C(=O)C[NH+]2CCOCC2)c(=O)n(C)c1=O. The lowest BCUT2D eigenvalue weighted by molar-refractivity contribution is -0.899. The van der Waals surface area contributed by atoms with E-state index in [1.165, 1.54) is 11.6 Å². The third-order valence-corrected chi connectivity index (χ3v) is 3.92. The number of anilines is 1. The van der Waals surface area contributed by atoms with E-state index in [1.807, 2.05) is 6.92 Å². The number of nitrogens with one attached hydrogen (secondary N) is 1. The van der Waals surface area contributed by atoms with Gasteiger partial charge in [-0.3, -0.25) is 18.7 Å². The summed E-state index contributed by atoms with van der Waals surface area (Å²) in [5.41, 5.74) is 4.76. The van der Waals surface area contributed by atoms with E-state index < -0.39 is 11.2 Å². The van der Waals surface area contributed by atoms with Gasteiger partial charge in [0.05, 0.1) is 13.2 Å². The number of rotatable bonds is 5. The first-order chi connectivity index (χ1) is 10.5. The molecule has 2 heterocycles. The summed E-state index contributed by atoms with van der Waals surface area (Å²) in [6.45, 7) is 5.12. The van der Waals surface area contributed by atoms with Crippen molar-refractivity contribution in [1.29, 1.82) is 0 Å². The molecule has 22 heavy (non-hydrogen) atoms. The topological polar surface area (TPSA) is 101 Å². The average Bonchev–Trinajstić information content (AvgIpc) is 2.50. The summed E-state index contributed by atoms with van der Waals surface area (Å²) in [6.07, 6.45) is 0.685. The van der Waals surface area contributed by atoms with Crippen LogP contribution in [0, 0.1) is 0 Å². The average molecular weight is 311 g/mol. The Morgan fingerprint density at radius 2 is 1.95 bits per heavy atom. The zero-order valence-electron chi connectivity index (χ0n) is 13.1. The molecule has 1 aromatic rings. The molecule has 0 bridgehead atoms. The number of aromatic nitrogens is 2. The Kier molecular flexibility index (Phi) is 5.15. The normalized spacial score (nSPS) is 15.9. The largest absolute Gasteiger partial charge is 0.384 e. The molecule has 8 heteroatoms. The quantitative estimate of drug-likeness (QED) is 0.592. The number of hydrogen-bond donors (Lipinski definition) is 2. The molecule has 1 aliphatic rings. The van der Waals surface area contributed by atoms with Crippen LogP contribution < -0.4 is 21.9 Å². The monoisotopic (exact) mass is 311 g/mol. The van der Waals surface area contributed by atoms with Crippen LogP contribution in [0.3, 0.4) is 0 Å². The molecule has 2 rings (SSSR count). The second-order valence-electron chi connectivity index (χ2n) is 5.52. The number of hydrogen-bond acceptors (Lipinski definition) is 5. The van der Waals surface area contributed by atoms with Gasteiger partial charge in [0.1, 0.15) is 31.0 Å². The van der Waals surface area contributed by atoms with Crippen LogP contribution in [0.25, 0.3) is 0 Å². The molecule has 0 aliphatic carbocycles. The molecule has 3 N–H and O–H groups in total. The second kappa shape index (κ2) is 6.89. The van der Waals surface area contributed by atoms with E-state index in [0.29, 0.717) is 26.2 Å². The van der Waals surface area contributed by atoms with Gasteiger partial charge < -0.3 is 15.4 Å². The van der Waals surface area contributed by atoms with Gasteiger partial charge in [0, 0.05) is 13.6 Å². The summed E-state index contributed by atoms with van der Waals surface area (Å²) < 4.78 is 7.50. The predicted molar refractivity (Wildman–Crippen MR) is 81.4 cm³/mol. The van der Waals surface area contributed by atoms with Crippen molar-refractivity contribution in [2.24, 2.45) is 7.05 Å². The zero-order valence-corrected chi connectivity index (χ0v) is 13.1. The molecule has 0 unspecified atom stereocenters. The first kappa shape index (κ1) is 16.4. The molecule has 1 aliphatic heterocycles. The van der Waals surface area contributed by atoms with Crippen molar-refractivity contribution in [2.45, 2.75) is 19.9 Å². The third-order valence-electron chi connectivity index (χ3n) is 3.92. The molecule has 122 valence electrons. The predicted octanol–water partition coefficient (Wildman–Crippen LogP) is -2.36. The summed E-state index contributed by atoms with van der Waals surface area (Å²) in [4.78, 5) is 37.9. The molecular weight excluding hydrogens is 288 g/mol. The van der Waals surface area contributed by atoms with Crippen molar-refractivity contribution in [1.82, 2.24) is 9.13 Å². The summed E-state index contributed by atoms with van der Waals surface area (Å²) in [6, 6.07) is 0. The highest BCUT2D eigenvalue weighted by Gasteiger charge is 2.25. The molecule has 1 fully saturated rings. The number of ether oxygens (including phenoxy) is 1. The van der Waals surface area contributed by atoms with Gasteiger partial charge >= 0.3 is 5.69 Å². The van der Waals surface area contributed by atoms with Crippen LogP contribution in [-0.4, -0.2) is 47.8 Å². The van der Waals surface area contributed by atoms with Crippen molar-refractivity contribution in [3.8, 4) is 0 Å². The van der Waals surface area contributed by atoms with Crippen LogP contribution in [0.1, 0.15) is 23.7 Å². The maximum atomic E-state index is 12.5. The summed E-state index contributed by atoms with van der Waals surface area (Å²) in [5.74, 6) is -0.340. The lowest BCUT2D eigenvalue weighted by Crippen LogP contribution is -3.14. The van der Waals surface area contributed by atoms with E-state index in [-0.39, 0.29) is 23.7 Å². The van der Waals surface area contributed by atoms with Crippen molar-refractivity contribution in [3.63, 3.8) is 0 Å². The Bertz CT molecular complexity index is 671. The van der Waals surface area contributed by atoms with Crippen LogP contribution in [0.2, 0.25) is 0 Å². The molecule has 0 radical (unpaired) electrons. The molecular formula is C14H23N4O4+. The summed E-state index contributed by atoms with van der Waals surface area (Å²) in [5, 5.41) is 0. The van der Waals surface area contributed by atoms with E-state index in [0.717, 1.165) is 22.6 Å². The summed E-state index contributed by atoms with van der Waals surface area (Å²) in [7, 11) is 1.37. The van der Waals surface area contributed by atoms with E-state index in [4.69, 9.17) is 10.5 Å². The second-order valence-corrected chi connectivity index (χ2v) is 5.52. The minimum atomic E-state index is -0.618. The number of carbonyl (C=O) groups is 1. The fraction of sp³-hybridized carbons (Fsp3) is 0.643. The molecule has 0 saturated carbocycles. The Morgan fingerprint density at radius 3 is 2.55 bits per heavy atom. The minimum absolute atomic E-state index is 0.0207. The summed E-state index contributed by atoms with van der Waals surface area (Å²) >= 11 is 0. The van der Waals surface area contributed by atoms with Crippen LogP contribution in [0.15, 0.2) is 9.59 Å². The first-order valence-corrected chi connectivity index (χ1v) is 7.51. The van der Waals surface area contributed by atoms with Crippen LogP contribution in [0.4, 0.5) is 5.82 Å².